The quantitative estimate of drug-likeness (QED) is 0.794. The van der Waals surface area contributed by atoms with Crippen molar-refractivity contribution in [2.45, 2.75) is 25.9 Å². The fourth-order valence-corrected chi connectivity index (χ4v) is 2.29. The predicted molar refractivity (Wildman–Crippen MR) is 68.3 cm³/mol. The van der Waals surface area contributed by atoms with E-state index in [9.17, 15) is 5.11 Å². The van der Waals surface area contributed by atoms with Gasteiger partial charge in [-0.3, -0.25) is 0 Å². The van der Waals surface area contributed by atoms with Gasteiger partial charge in [0, 0.05) is 6.54 Å². The molecule has 0 amide bonds. The molecule has 4 N–H and O–H groups in total. The molecule has 1 aliphatic rings. The third-order valence-electron chi connectivity index (χ3n) is 3.07. The van der Waals surface area contributed by atoms with E-state index in [-0.39, 0.29) is 6.10 Å². The number of aromatic nitrogens is 1. The van der Waals surface area contributed by atoms with E-state index in [4.69, 9.17) is 5.73 Å². The summed E-state index contributed by atoms with van der Waals surface area (Å²) in [6, 6.07) is 0. The van der Waals surface area contributed by atoms with Crippen molar-refractivity contribution in [1.29, 1.82) is 0 Å². The highest BCUT2D eigenvalue weighted by Crippen LogP contribution is 2.30. The van der Waals surface area contributed by atoms with Crippen molar-refractivity contribution in [3.63, 3.8) is 0 Å². The van der Waals surface area contributed by atoms with Crippen LogP contribution < -0.4 is 11.1 Å². The fraction of sp³-hybridized carbons (Fsp3) is 0.545. The largest absolute Gasteiger partial charge is 0.397 e. The topological polar surface area (TPSA) is 71.2 Å². The Kier molecular flexibility index (Phi) is 3.35. The predicted octanol–water partition coefficient (Wildman–Crippen LogP) is 1.92. The van der Waals surface area contributed by atoms with Gasteiger partial charge < -0.3 is 16.2 Å². The first kappa shape index (κ1) is 11.7. The van der Waals surface area contributed by atoms with Crippen LogP contribution in [0.15, 0.2) is 10.7 Å². The van der Waals surface area contributed by atoms with E-state index in [1.165, 1.54) is 0 Å². The molecule has 0 aromatic carbocycles. The molecule has 16 heavy (non-hydrogen) atoms. The lowest BCUT2D eigenvalue weighted by Gasteiger charge is -2.31. The molecule has 88 valence electrons. The summed E-state index contributed by atoms with van der Waals surface area (Å²) in [4.78, 5) is 4.24. The zero-order valence-electron chi connectivity index (χ0n) is 9.20. The van der Waals surface area contributed by atoms with Gasteiger partial charge in [-0.2, -0.15) is 0 Å². The van der Waals surface area contributed by atoms with Gasteiger partial charge in [0.25, 0.3) is 0 Å². The molecule has 0 atom stereocenters. The molecule has 0 radical (unpaired) electrons. The first-order valence-electron chi connectivity index (χ1n) is 5.40. The Bertz CT molecular complexity index is 391. The minimum atomic E-state index is -0.101. The zero-order chi connectivity index (χ0) is 11.7. The van der Waals surface area contributed by atoms with E-state index in [0.29, 0.717) is 11.6 Å². The molecule has 1 fully saturated rings. The monoisotopic (exact) mass is 285 g/mol. The standard InChI is InChI=1S/C11H16BrN3O/c1-6-9(13)5-15-11(10(6)12)14-4-7-2-8(16)3-7/h5,7-8,16H,2-4,13H2,1H3,(H,14,15). The molecule has 0 spiro atoms. The summed E-state index contributed by atoms with van der Waals surface area (Å²) in [5.74, 6) is 1.38. The molecule has 0 saturated heterocycles. The summed E-state index contributed by atoms with van der Waals surface area (Å²) < 4.78 is 0.923. The van der Waals surface area contributed by atoms with E-state index in [2.05, 4.69) is 26.2 Å². The minimum Gasteiger partial charge on any atom is -0.397 e. The van der Waals surface area contributed by atoms with Gasteiger partial charge in [-0.25, -0.2) is 4.98 Å². The number of rotatable bonds is 3. The molecule has 5 heteroatoms. The highest BCUT2D eigenvalue weighted by molar-refractivity contribution is 9.10. The zero-order valence-corrected chi connectivity index (χ0v) is 10.8. The molecule has 0 unspecified atom stereocenters. The third kappa shape index (κ3) is 2.30. The van der Waals surface area contributed by atoms with Crippen LogP contribution in [0, 0.1) is 12.8 Å². The number of hydrogen-bond acceptors (Lipinski definition) is 4. The fourth-order valence-electron chi connectivity index (χ4n) is 1.82. The molecule has 1 heterocycles. The van der Waals surface area contributed by atoms with E-state index in [1.807, 2.05) is 6.92 Å². The molecule has 0 aliphatic heterocycles. The number of pyridine rings is 1. The van der Waals surface area contributed by atoms with Crippen LogP contribution in [0.4, 0.5) is 11.5 Å². The summed E-state index contributed by atoms with van der Waals surface area (Å²) in [7, 11) is 0. The number of hydrogen-bond donors (Lipinski definition) is 3. The number of nitrogen functional groups attached to an aromatic ring is 1. The summed E-state index contributed by atoms with van der Waals surface area (Å²) in [5.41, 5.74) is 7.44. The van der Waals surface area contributed by atoms with Crippen LogP contribution in [-0.2, 0) is 0 Å². The second-order valence-electron chi connectivity index (χ2n) is 4.37. The van der Waals surface area contributed by atoms with Crippen LogP contribution in [0.2, 0.25) is 0 Å². The first-order valence-corrected chi connectivity index (χ1v) is 6.19. The van der Waals surface area contributed by atoms with Gasteiger partial charge in [-0.05, 0) is 47.2 Å². The van der Waals surface area contributed by atoms with Crippen LogP contribution in [0.25, 0.3) is 0 Å². The normalized spacial score (nSPS) is 23.9. The van der Waals surface area contributed by atoms with Crippen molar-refractivity contribution in [1.82, 2.24) is 4.98 Å². The van der Waals surface area contributed by atoms with Crippen molar-refractivity contribution >= 4 is 27.4 Å². The lowest BCUT2D eigenvalue weighted by Crippen LogP contribution is -2.33. The van der Waals surface area contributed by atoms with Crippen LogP contribution in [0.5, 0.6) is 0 Å². The molecular formula is C11H16BrN3O. The smallest absolute Gasteiger partial charge is 0.140 e. The number of halogens is 1. The number of aliphatic hydroxyl groups excluding tert-OH is 1. The van der Waals surface area contributed by atoms with Crippen molar-refractivity contribution < 1.29 is 5.11 Å². The van der Waals surface area contributed by atoms with E-state index in [0.717, 1.165) is 35.2 Å². The van der Waals surface area contributed by atoms with Gasteiger partial charge in [0.05, 0.1) is 22.5 Å². The average Bonchev–Trinajstić information content (AvgIpc) is 2.22. The summed E-state index contributed by atoms with van der Waals surface area (Å²) in [5, 5.41) is 12.5. The van der Waals surface area contributed by atoms with Crippen molar-refractivity contribution in [3.05, 3.63) is 16.2 Å². The van der Waals surface area contributed by atoms with Crippen LogP contribution in [-0.4, -0.2) is 22.7 Å². The molecule has 1 aromatic rings. The van der Waals surface area contributed by atoms with Gasteiger partial charge in [-0.1, -0.05) is 0 Å². The van der Waals surface area contributed by atoms with Crippen LogP contribution >= 0.6 is 15.9 Å². The molecular weight excluding hydrogens is 270 g/mol. The highest BCUT2D eigenvalue weighted by atomic mass is 79.9. The van der Waals surface area contributed by atoms with Gasteiger partial charge in [0.1, 0.15) is 5.82 Å². The number of nitrogens with one attached hydrogen (secondary N) is 1. The average molecular weight is 286 g/mol. The number of aliphatic hydroxyl groups is 1. The maximum atomic E-state index is 9.18. The van der Waals surface area contributed by atoms with Crippen molar-refractivity contribution in [2.24, 2.45) is 5.92 Å². The van der Waals surface area contributed by atoms with Gasteiger partial charge >= 0.3 is 0 Å². The summed E-state index contributed by atoms with van der Waals surface area (Å²) in [6.45, 7) is 2.81. The van der Waals surface area contributed by atoms with E-state index >= 15 is 0 Å². The van der Waals surface area contributed by atoms with Gasteiger partial charge in [-0.15, -0.1) is 0 Å². The molecule has 1 saturated carbocycles. The van der Waals surface area contributed by atoms with Gasteiger partial charge in [0.15, 0.2) is 0 Å². The minimum absolute atomic E-state index is 0.101. The summed E-state index contributed by atoms with van der Waals surface area (Å²) in [6.07, 6.45) is 3.34. The lowest BCUT2D eigenvalue weighted by molar-refractivity contribution is 0.0486. The Morgan fingerprint density at radius 2 is 2.31 bits per heavy atom. The Hall–Kier alpha value is -0.810. The van der Waals surface area contributed by atoms with Crippen LogP contribution in [0.3, 0.4) is 0 Å². The lowest BCUT2D eigenvalue weighted by atomic mass is 9.82. The van der Waals surface area contributed by atoms with Crippen LogP contribution in [0.1, 0.15) is 18.4 Å². The third-order valence-corrected chi connectivity index (χ3v) is 4.04. The van der Waals surface area contributed by atoms with Crippen molar-refractivity contribution in [3.8, 4) is 0 Å². The maximum absolute atomic E-state index is 9.18. The van der Waals surface area contributed by atoms with Crippen molar-refractivity contribution in [2.75, 3.05) is 17.6 Å². The SMILES string of the molecule is Cc1c(N)cnc(NCC2CC(O)C2)c1Br. The molecule has 1 aromatic heterocycles. The Labute approximate surface area is 103 Å². The number of nitrogens with zero attached hydrogens (tertiary/aromatic N) is 1. The van der Waals surface area contributed by atoms with Gasteiger partial charge in [0.2, 0.25) is 0 Å². The molecule has 2 rings (SSSR count). The Morgan fingerprint density at radius 3 is 2.94 bits per heavy atom. The maximum Gasteiger partial charge on any atom is 0.140 e. The summed E-state index contributed by atoms with van der Waals surface area (Å²) >= 11 is 3.48. The highest BCUT2D eigenvalue weighted by Gasteiger charge is 2.26. The van der Waals surface area contributed by atoms with E-state index < -0.39 is 0 Å². The number of anilines is 2. The second kappa shape index (κ2) is 4.59. The number of nitrogens with two attached hydrogens (primary N) is 1. The first-order chi connectivity index (χ1) is 7.58. The second-order valence-corrected chi connectivity index (χ2v) is 5.17. The molecule has 1 aliphatic carbocycles. The van der Waals surface area contributed by atoms with E-state index in [1.54, 1.807) is 6.20 Å². The molecule has 0 bridgehead atoms. The molecule has 4 nitrogen and oxygen atoms in total. The Morgan fingerprint density at radius 1 is 1.62 bits per heavy atom. The Balaban J connectivity index is 1.97.